The minimum Gasteiger partial charge on any atom is -0.324 e. The van der Waals surface area contributed by atoms with Crippen molar-refractivity contribution in [3.63, 3.8) is 0 Å². The molecule has 0 fully saturated rings. The van der Waals surface area contributed by atoms with Gasteiger partial charge in [0.1, 0.15) is 6.04 Å². The number of sulfonamides is 1. The van der Waals surface area contributed by atoms with Gasteiger partial charge < -0.3 is 9.88 Å². The highest BCUT2D eigenvalue weighted by Crippen LogP contribution is 2.27. The molecule has 1 atom stereocenters. The van der Waals surface area contributed by atoms with Crippen LogP contribution in [-0.2, 0) is 21.9 Å². The number of thiazole rings is 1. The van der Waals surface area contributed by atoms with Crippen LogP contribution in [0.1, 0.15) is 12.5 Å². The predicted octanol–water partition coefficient (Wildman–Crippen LogP) is 3.36. The van der Waals surface area contributed by atoms with Crippen molar-refractivity contribution in [2.24, 2.45) is 7.05 Å². The highest BCUT2D eigenvalue weighted by atomic mass is 35.5. The molecule has 3 aromatic rings. The Morgan fingerprint density at radius 1 is 1.24 bits per heavy atom. The number of carbonyl (C=O) groups excluding carboxylic acids is 1. The number of hydrogen-bond acceptors (Lipinski definition) is 5. The number of anilines is 2. The smallest absolute Gasteiger partial charge is 0.307 e. The fraction of sp³-hybridized carbons (Fsp3) is 0.263. The second-order valence-electron chi connectivity index (χ2n) is 6.77. The Kier molecular flexibility index (Phi) is 5.75. The molecule has 0 unspecified atom stereocenters. The minimum atomic E-state index is -3.75. The molecule has 0 spiro atoms. The second-order valence-corrected chi connectivity index (χ2v) is 10.0. The van der Waals surface area contributed by atoms with Gasteiger partial charge in [-0.05, 0) is 49.7 Å². The maximum atomic E-state index is 12.8. The Balaban J connectivity index is 1.91. The number of aromatic nitrogens is 1. The summed E-state index contributed by atoms with van der Waals surface area (Å²) in [4.78, 5) is 24.5. The first-order valence-electron chi connectivity index (χ1n) is 8.65. The lowest BCUT2D eigenvalue weighted by Gasteiger charge is -2.28. The largest absolute Gasteiger partial charge is 0.324 e. The van der Waals surface area contributed by atoms with Crippen LogP contribution >= 0.6 is 22.9 Å². The zero-order valence-corrected chi connectivity index (χ0v) is 18.7. The molecular formula is C19H20ClN3O4S2. The van der Waals surface area contributed by atoms with E-state index in [9.17, 15) is 18.0 Å². The van der Waals surface area contributed by atoms with Crippen LogP contribution in [0.2, 0.25) is 5.02 Å². The fourth-order valence-electron chi connectivity index (χ4n) is 2.99. The summed E-state index contributed by atoms with van der Waals surface area (Å²) in [5.41, 5.74) is 2.35. The number of aryl methyl sites for hydroxylation is 2. The summed E-state index contributed by atoms with van der Waals surface area (Å²) >= 11 is 7.22. The van der Waals surface area contributed by atoms with Crippen LogP contribution in [0.4, 0.5) is 11.4 Å². The van der Waals surface area contributed by atoms with Crippen molar-refractivity contribution in [3.8, 4) is 0 Å². The molecule has 1 heterocycles. The van der Waals surface area contributed by atoms with Crippen molar-refractivity contribution in [1.82, 2.24) is 4.57 Å². The number of nitrogens with one attached hydrogen (secondary N) is 1. The summed E-state index contributed by atoms with van der Waals surface area (Å²) in [5, 5.41) is 3.14. The number of carbonyl (C=O) groups is 1. The van der Waals surface area contributed by atoms with Gasteiger partial charge in [0.05, 0.1) is 22.2 Å². The van der Waals surface area contributed by atoms with E-state index < -0.39 is 22.0 Å². The Hall–Kier alpha value is -2.36. The van der Waals surface area contributed by atoms with Gasteiger partial charge in [0.2, 0.25) is 15.9 Å². The number of rotatable bonds is 5. The van der Waals surface area contributed by atoms with E-state index in [0.717, 1.165) is 37.7 Å². The Morgan fingerprint density at radius 2 is 1.93 bits per heavy atom. The fourth-order valence-corrected chi connectivity index (χ4v) is 5.25. The van der Waals surface area contributed by atoms with Crippen molar-refractivity contribution >= 4 is 60.5 Å². The highest BCUT2D eigenvalue weighted by molar-refractivity contribution is 7.92. The SMILES string of the molecule is Cc1ccc(N([C@H](C)C(=O)Nc2ccc3c(c2)sc(=O)n3C)S(C)(=O)=O)cc1Cl. The van der Waals surface area contributed by atoms with E-state index in [-0.39, 0.29) is 4.87 Å². The summed E-state index contributed by atoms with van der Waals surface area (Å²) in [7, 11) is -2.07. The first kappa shape index (κ1) is 21.4. The molecule has 2 aromatic carbocycles. The molecule has 0 radical (unpaired) electrons. The molecule has 7 nitrogen and oxygen atoms in total. The van der Waals surface area contributed by atoms with Gasteiger partial charge in [0, 0.05) is 17.8 Å². The Labute approximate surface area is 177 Å². The van der Waals surface area contributed by atoms with E-state index in [0.29, 0.717) is 16.4 Å². The molecule has 0 saturated heterocycles. The van der Waals surface area contributed by atoms with Crippen LogP contribution in [0.25, 0.3) is 10.2 Å². The van der Waals surface area contributed by atoms with E-state index in [2.05, 4.69) is 5.32 Å². The van der Waals surface area contributed by atoms with E-state index in [1.165, 1.54) is 17.6 Å². The van der Waals surface area contributed by atoms with E-state index >= 15 is 0 Å². The van der Waals surface area contributed by atoms with Gasteiger partial charge in [-0.3, -0.25) is 13.9 Å². The number of halogens is 1. The Bertz CT molecular complexity index is 1260. The van der Waals surface area contributed by atoms with Crippen LogP contribution < -0.4 is 14.5 Å². The number of amides is 1. The van der Waals surface area contributed by atoms with Crippen molar-refractivity contribution in [3.05, 3.63) is 56.7 Å². The van der Waals surface area contributed by atoms with Crippen LogP contribution in [0.3, 0.4) is 0 Å². The van der Waals surface area contributed by atoms with Gasteiger partial charge in [-0.2, -0.15) is 0 Å². The van der Waals surface area contributed by atoms with Gasteiger partial charge in [0.25, 0.3) is 0 Å². The molecule has 0 aliphatic heterocycles. The van der Waals surface area contributed by atoms with Crippen LogP contribution in [0.15, 0.2) is 41.2 Å². The lowest BCUT2D eigenvalue weighted by molar-refractivity contribution is -0.116. The van der Waals surface area contributed by atoms with Crippen LogP contribution in [-0.4, -0.2) is 31.2 Å². The summed E-state index contributed by atoms with van der Waals surface area (Å²) in [6.45, 7) is 3.31. The van der Waals surface area contributed by atoms with Gasteiger partial charge >= 0.3 is 4.87 Å². The summed E-state index contributed by atoms with van der Waals surface area (Å²) in [5.74, 6) is -0.505. The molecule has 29 heavy (non-hydrogen) atoms. The maximum absolute atomic E-state index is 12.8. The summed E-state index contributed by atoms with van der Waals surface area (Å²) in [6, 6.07) is 8.92. The number of nitrogens with zero attached hydrogens (tertiary/aromatic N) is 2. The number of fused-ring (bicyclic) bond motifs is 1. The second kappa shape index (κ2) is 7.81. The third kappa shape index (κ3) is 4.31. The quantitative estimate of drug-likeness (QED) is 0.641. The van der Waals surface area contributed by atoms with E-state index in [1.807, 2.05) is 0 Å². The third-order valence-electron chi connectivity index (χ3n) is 4.56. The van der Waals surface area contributed by atoms with E-state index in [1.54, 1.807) is 44.3 Å². The average molecular weight is 454 g/mol. The first-order valence-corrected chi connectivity index (χ1v) is 11.7. The Morgan fingerprint density at radius 3 is 2.55 bits per heavy atom. The number of benzene rings is 2. The molecule has 0 saturated carbocycles. The average Bonchev–Trinajstić information content (AvgIpc) is 2.90. The van der Waals surface area contributed by atoms with Crippen LogP contribution in [0.5, 0.6) is 0 Å². The lowest BCUT2D eigenvalue weighted by Crippen LogP contribution is -2.45. The molecule has 0 aliphatic rings. The molecule has 154 valence electrons. The first-order chi connectivity index (χ1) is 13.5. The van der Waals surface area contributed by atoms with Crippen molar-refractivity contribution in [2.45, 2.75) is 19.9 Å². The van der Waals surface area contributed by atoms with Gasteiger partial charge in [-0.1, -0.05) is 29.0 Å². The highest BCUT2D eigenvalue weighted by Gasteiger charge is 2.29. The van der Waals surface area contributed by atoms with Gasteiger partial charge in [-0.25, -0.2) is 8.42 Å². The molecule has 3 rings (SSSR count). The molecule has 0 bridgehead atoms. The monoisotopic (exact) mass is 453 g/mol. The topological polar surface area (TPSA) is 88.5 Å². The molecule has 1 N–H and O–H groups in total. The maximum Gasteiger partial charge on any atom is 0.307 e. The van der Waals surface area contributed by atoms with Crippen LogP contribution in [0, 0.1) is 6.92 Å². The zero-order valence-electron chi connectivity index (χ0n) is 16.3. The molecule has 1 amide bonds. The predicted molar refractivity (Wildman–Crippen MR) is 119 cm³/mol. The molecule has 0 aliphatic carbocycles. The van der Waals surface area contributed by atoms with Crippen molar-refractivity contribution in [1.29, 1.82) is 0 Å². The van der Waals surface area contributed by atoms with E-state index in [4.69, 9.17) is 11.6 Å². The van der Waals surface area contributed by atoms with Crippen molar-refractivity contribution < 1.29 is 13.2 Å². The van der Waals surface area contributed by atoms with Crippen molar-refractivity contribution in [2.75, 3.05) is 15.9 Å². The number of hydrogen-bond donors (Lipinski definition) is 1. The molecule has 1 aromatic heterocycles. The minimum absolute atomic E-state index is 0.101. The van der Waals surface area contributed by atoms with Gasteiger partial charge in [-0.15, -0.1) is 0 Å². The molecular weight excluding hydrogens is 434 g/mol. The third-order valence-corrected chi connectivity index (χ3v) is 7.20. The standard InChI is InChI=1S/C19H20ClN3O4S2/c1-11-5-7-14(10-15(11)20)23(29(4,26)27)12(2)18(24)21-13-6-8-16-17(9-13)28-19(25)22(16)3/h5-10,12H,1-4H3,(H,21,24)/t12-/m1/s1. The molecule has 10 heteroatoms. The lowest BCUT2D eigenvalue weighted by atomic mass is 10.2. The normalized spacial score (nSPS) is 12.7. The summed E-state index contributed by atoms with van der Waals surface area (Å²) < 4.78 is 28.1. The summed E-state index contributed by atoms with van der Waals surface area (Å²) in [6.07, 6.45) is 1.04. The van der Waals surface area contributed by atoms with Gasteiger partial charge in [0.15, 0.2) is 0 Å². The zero-order chi connectivity index (χ0) is 21.5.